The van der Waals surface area contributed by atoms with Gasteiger partial charge in [0.25, 0.3) is 0 Å². The third-order valence-corrected chi connectivity index (χ3v) is 2.80. The van der Waals surface area contributed by atoms with Crippen molar-refractivity contribution in [3.8, 4) is 0 Å². The number of benzene rings is 1. The number of hydrogen-bond donors (Lipinski definition) is 0. The summed E-state index contributed by atoms with van der Waals surface area (Å²) in [6.45, 7) is 0. The Morgan fingerprint density at radius 2 is 1.80 bits per heavy atom. The molecule has 1 rings (SSSR count). The van der Waals surface area contributed by atoms with E-state index in [1.807, 2.05) is 24.3 Å². The van der Waals surface area contributed by atoms with E-state index in [9.17, 15) is 4.21 Å². The van der Waals surface area contributed by atoms with Gasteiger partial charge in [0.1, 0.15) is 0 Å². The van der Waals surface area contributed by atoms with Crippen molar-refractivity contribution >= 4 is 33.4 Å². The van der Waals surface area contributed by atoms with Gasteiger partial charge in [-0.05, 0) is 46.9 Å². The minimum Gasteiger partial charge on any atom is -0.255 e. The summed E-state index contributed by atoms with van der Waals surface area (Å²) in [6, 6.07) is 7.68. The van der Waals surface area contributed by atoms with Crippen molar-refractivity contribution < 1.29 is 4.21 Å². The first kappa shape index (κ1) is 8.20. The van der Waals surface area contributed by atoms with Crippen molar-refractivity contribution in [3.05, 3.63) is 27.8 Å². The molecule has 0 N–H and O–H groups in total. The topological polar surface area (TPSA) is 17.1 Å². The van der Waals surface area contributed by atoms with Crippen LogP contribution in [-0.4, -0.2) is 10.5 Å². The van der Waals surface area contributed by atoms with E-state index in [1.54, 1.807) is 6.26 Å². The molecule has 10 heavy (non-hydrogen) atoms. The molecule has 1 nitrogen and oxygen atoms in total. The van der Waals surface area contributed by atoms with Gasteiger partial charge in [-0.1, -0.05) is 0 Å². The Kier molecular flexibility index (Phi) is 2.85. The Morgan fingerprint density at radius 3 is 2.20 bits per heavy atom. The molecule has 54 valence electrons. The zero-order chi connectivity index (χ0) is 7.56. The zero-order valence-electron chi connectivity index (χ0n) is 5.50. The van der Waals surface area contributed by atoms with E-state index in [1.165, 1.54) is 3.57 Å². The molecule has 1 atom stereocenters. The fourth-order valence-electron chi connectivity index (χ4n) is 0.626. The Bertz CT molecular complexity index is 242. The molecular weight excluding hydrogens is 259 g/mol. The van der Waals surface area contributed by atoms with Gasteiger partial charge in [0.15, 0.2) is 0 Å². The predicted octanol–water partition coefficient (Wildman–Crippen LogP) is 2.03. The van der Waals surface area contributed by atoms with Crippen LogP contribution >= 0.6 is 22.6 Å². The summed E-state index contributed by atoms with van der Waals surface area (Å²) in [5.41, 5.74) is 0. The molecule has 0 aliphatic heterocycles. The van der Waals surface area contributed by atoms with Crippen LogP contribution in [0.2, 0.25) is 0 Å². The van der Waals surface area contributed by atoms with E-state index in [0.29, 0.717) is 0 Å². The van der Waals surface area contributed by atoms with Crippen molar-refractivity contribution in [1.29, 1.82) is 0 Å². The Hall–Kier alpha value is 0.1000. The van der Waals surface area contributed by atoms with Gasteiger partial charge in [0.2, 0.25) is 0 Å². The van der Waals surface area contributed by atoms with Crippen LogP contribution < -0.4 is 0 Å². The molecule has 3 heteroatoms. The maximum absolute atomic E-state index is 10.9. The molecule has 0 aliphatic carbocycles. The molecule has 0 fully saturated rings. The van der Waals surface area contributed by atoms with Crippen molar-refractivity contribution in [2.75, 3.05) is 6.26 Å². The summed E-state index contributed by atoms with van der Waals surface area (Å²) in [5, 5.41) is 0. The van der Waals surface area contributed by atoms with Crippen LogP contribution in [0, 0.1) is 3.57 Å². The van der Waals surface area contributed by atoms with Crippen LogP contribution in [0.1, 0.15) is 0 Å². The van der Waals surface area contributed by atoms with Gasteiger partial charge >= 0.3 is 0 Å². The Labute approximate surface area is 76.4 Å². The standard InChI is InChI=1S/C7H7IOS/c1-10(9)7-4-2-6(8)3-5-7/h2-5H,1H3/t10-/m0/s1. The minimum absolute atomic E-state index is 0.841. The van der Waals surface area contributed by atoms with Gasteiger partial charge in [-0.2, -0.15) is 0 Å². The highest BCUT2D eigenvalue weighted by Gasteiger charge is 1.93. The predicted molar refractivity (Wildman–Crippen MR) is 51.5 cm³/mol. The van der Waals surface area contributed by atoms with E-state index < -0.39 is 10.8 Å². The van der Waals surface area contributed by atoms with E-state index in [2.05, 4.69) is 22.6 Å². The third-order valence-electron chi connectivity index (χ3n) is 1.15. The average molecular weight is 266 g/mol. The first-order valence-corrected chi connectivity index (χ1v) is 5.43. The fraction of sp³-hybridized carbons (Fsp3) is 0.143. The van der Waals surface area contributed by atoms with Gasteiger partial charge in [0, 0.05) is 25.5 Å². The van der Waals surface area contributed by atoms with E-state index in [4.69, 9.17) is 0 Å². The number of rotatable bonds is 1. The summed E-state index contributed by atoms with van der Waals surface area (Å²) >= 11 is 2.22. The molecular formula is C7H7IOS. The van der Waals surface area contributed by atoms with Crippen LogP contribution in [-0.2, 0) is 10.8 Å². The molecule has 0 heterocycles. The molecule has 0 saturated heterocycles. The Morgan fingerprint density at radius 1 is 1.30 bits per heavy atom. The first-order valence-electron chi connectivity index (χ1n) is 2.79. The van der Waals surface area contributed by atoms with Crippen LogP contribution in [0.15, 0.2) is 29.2 Å². The second kappa shape index (κ2) is 3.48. The normalized spacial score (nSPS) is 13.0. The van der Waals surface area contributed by atoms with E-state index >= 15 is 0 Å². The van der Waals surface area contributed by atoms with Crippen LogP contribution in [0.4, 0.5) is 0 Å². The SMILES string of the molecule is C[S@](=O)c1ccc(I)cc1. The fourth-order valence-corrected chi connectivity index (χ4v) is 1.51. The summed E-state index contributed by atoms with van der Waals surface area (Å²) in [4.78, 5) is 0.889. The largest absolute Gasteiger partial charge is 0.255 e. The lowest BCUT2D eigenvalue weighted by molar-refractivity contribution is 0.687. The summed E-state index contributed by atoms with van der Waals surface area (Å²) in [5.74, 6) is 0. The summed E-state index contributed by atoms with van der Waals surface area (Å²) < 4.78 is 12.0. The van der Waals surface area contributed by atoms with Gasteiger partial charge in [-0.15, -0.1) is 0 Å². The molecule has 1 aromatic carbocycles. The molecule has 0 aromatic heterocycles. The number of hydrogen-bond acceptors (Lipinski definition) is 1. The molecule has 0 unspecified atom stereocenters. The highest BCUT2D eigenvalue weighted by molar-refractivity contribution is 14.1. The Balaban J connectivity index is 3.00. The quantitative estimate of drug-likeness (QED) is 0.711. The maximum Gasteiger partial charge on any atom is 0.0498 e. The lowest BCUT2D eigenvalue weighted by Crippen LogP contribution is -1.85. The van der Waals surface area contributed by atoms with Crippen LogP contribution in [0.5, 0.6) is 0 Å². The second-order valence-corrected chi connectivity index (χ2v) is 4.53. The monoisotopic (exact) mass is 266 g/mol. The zero-order valence-corrected chi connectivity index (χ0v) is 8.48. The second-order valence-electron chi connectivity index (χ2n) is 1.91. The highest BCUT2D eigenvalue weighted by atomic mass is 127. The highest BCUT2D eigenvalue weighted by Crippen LogP contribution is 2.08. The first-order chi connectivity index (χ1) is 4.70. The van der Waals surface area contributed by atoms with Crippen molar-refractivity contribution in [2.45, 2.75) is 4.90 Å². The van der Waals surface area contributed by atoms with Crippen molar-refractivity contribution in [1.82, 2.24) is 0 Å². The van der Waals surface area contributed by atoms with Gasteiger partial charge in [0.05, 0.1) is 0 Å². The molecule has 0 saturated carbocycles. The lowest BCUT2D eigenvalue weighted by Gasteiger charge is -1.93. The molecule has 1 aromatic rings. The molecule has 0 aliphatic rings. The average Bonchev–Trinajstić information content (AvgIpc) is 1.88. The third kappa shape index (κ3) is 2.05. The summed E-state index contributed by atoms with van der Waals surface area (Å²) in [7, 11) is -0.841. The van der Waals surface area contributed by atoms with Gasteiger partial charge in [-0.25, -0.2) is 0 Å². The van der Waals surface area contributed by atoms with Crippen molar-refractivity contribution in [3.63, 3.8) is 0 Å². The van der Waals surface area contributed by atoms with Crippen molar-refractivity contribution in [2.24, 2.45) is 0 Å². The lowest BCUT2D eigenvalue weighted by atomic mass is 10.4. The molecule has 0 spiro atoms. The van der Waals surface area contributed by atoms with Gasteiger partial charge < -0.3 is 0 Å². The summed E-state index contributed by atoms with van der Waals surface area (Å²) in [6.07, 6.45) is 1.68. The van der Waals surface area contributed by atoms with E-state index in [-0.39, 0.29) is 0 Å². The van der Waals surface area contributed by atoms with Crippen LogP contribution in [0.3, 0.4) is 0 Å². The van der Waals surface area contributed by atoms with Gasteiger partial charge in [-0.3, -0.25) is 4.21 Å². The van der Waals surface area contributed by atoms with Crippen LogP contribution in [0.25, 0.3) is 0 Å². The smallest absolute Gasteiger partial charge is 0.0498 e. The number of halogens is 1. The van der Waals surface area contributed by atoms with E-state index in [0.717, 1.165) is 4.90 Å². The minimum atomic E-state index is -0.841. The maximum atomic E-state index is 10.9. The molecule has 0 bridgehead atoms. The molecule has 0 radical (unpaired) electrons. The molecule has 0 amide bonds.